The maximum Gasteiger partial charge on any atom is 0.357 e. The first kappa shape index (κ1) is 12.2. The lowest BCUT2D eigenvalue weighted by atomic mass is 10.1. The second kappa shape index (κ2) is 4.95. The summed E-state index contributed by atoms with van der Waals surface area (Å²) in [6.45, 7) is 3.94. The molecule has 0 spiro atoms. The van der Waals surface area contributed by atoms with Gasteiger partial charge in [0, 0.05) is 30.6 Å². The molecule has 0 aliphatic rings. The third kappa shape index (κ3) is 2.22. The van der Waals surface area contributed by atoms with Crippen molar-refractivity contribution in [3.63, 3.8) is 0 Å². The first-order chi connectivity index (χ1) is 8.63. The van der Waals surface area contributed by atoms with Gasteiger partial charge >= 0.3 is 5.97 Å². The maximum atomic E-state index is 11.8. The molecule has 18 heavy (non-hydrogen) atoms. The summed E-state index contributed by atoms with van der Waals surface area (Å²) in [5.41, 5.74) is 2.56. The monoisotopic (exact) mass is 246 g/mol. The van der Waals surface area contributed by atoms with Gasteiger partial charge in [0.1, 0.15) is 6.33 Å². The zero-order chi connectivity index (χ0) is 13.1. The van der Waals surface area contributed by atoms with E-state index in [2.05, 4.69) is 15.1 Å². The van der Waals surface area contributed by atoms with Gasteiger partial charge in [0.25, 0.3) is 0 Å². The number of hydrogen-bond donors (Lipinski definition) is 0. The highest BCUT2D eigenvalue weighted by atomic mass is 16.5. The Kier molecular flexibility index (Phi) is 3.36. The van der Waals surface area contributed by atoms with Crippen LogP contribution < -0.4 is 0 Å². The summed E-state index contributed by atoms with van der Waals surface area (Å²) in [4.78, 5) is 19.8. The van der Waals surface area contributed by atoms with E-state index in [1.807, 2.05) is 20.2 Å². The predicted molar refractivity (Wildman–Crippen MR) is 64.9 cm³/mol. The molecule has 0 radical (unpaired) electrons. The van der Waals surface area contributed by atoms with Crippen molar-refractivity contribution in [2.24, 2.45) is 7.05 Å². The number of esters is 1. The van der Waals surface area contributed by atoms with Crippen molar-refractivity contribution in [2.45, 2.75) is 13.8 Å². The van der Waals surface area contributed by atoms with Crippen LogP contribution in [0.3, 0.4) is 0 Å². The van der Waals surface area contributed by atoms with Crippen molar-refractivity contribution in [3.05, 3.63) is 30.1 Å². The van der Waals surface area contributed by atoms with E-state index in [9.17, 15) is 4.79 Å². The zero-order valence-electron chi connectivity index (χ0n) is 10.5. The van der Waals surface area contributed by atoms with Crippen molar-refractivity contribution < 1.29 is 9.53 Å². The van der Waals surface area contributed by atoms with Crippen LogP contribution in [0.1, 0.15) is 23.1 Å². The van der Waals surface area contributed by atoms with E-state index in [0.29, 0.717) is 12.2 Å². The first-order valence-electron chi connectivity index (χ1n) is 5.61. The summed E-state index contributed by atoms with van der Waals surface area (Å²) < 4.78 is 6.67. The number of rotatable bonds is 3. The smallest absolute Gasteiger partial charge is 0.357 e. The molecule has 0 amide bonds. The van der Waals surface area contributed by atoms with Crippen LogP contribution in [-0.4, -0.2) is 32.3 Å². The largest absolute Gasteiger partial charge is 0.461 e. The summed E-state index contributed by atoms with van der Waals surface area (Å²) in [6, 6.07) is 0. The lowest BCUT2D eigenvalue weighted by Gasteiger charge is -2.05. The Morgan fingerprint density at radius 1 is 1.44 bits per heavy atom. The molecule has 0 saturated heterocycles. The third-order valence-corrected chi connectivity index (χ3v) is 2.48. The molecule has 2 rings (SSSR count). The number of nitrogens with zero attached hydrogens (tertiary/aromatic N) is 4. The quantitative estimate of drug-likeness (QED) is 0.765. The molecule has 0 atom stereocenters. The van der Waals surface area contributed by atoms with E-state index < -0.39 is 5.97 Å². The van der Waals surface area contributed by atoms with E-state index in [4.69, 9.17) is 4.74 Å². The van der Waals surface area contributed by atoms with Gasteiger partial charge in [-0.25, -0.2) is 14.8 Å². The van der Waals surface area contributed by atoms with Gasteiger partial charge in [-0.05, 0) is 13.8 Å². The number of carbonyl (C=O) groups excluding carboxylic acids is 1. The van der Waals surface area contributed by atoms with Gasteiger partial charge < -0.3 is 4.74 Å². The molecule has 2 heterocycles. The fourth-order valence-corrected chi connectivity index (χ4v) is 1.75. The van der Waals surface area contributed by atoms with Crippen LogP contribution in [-0.2, 0) is 11.8 Å². The molecule has 0 bridgehead atoms. The molecule has 2 aromatic heterocycles. The minimum atomic E-state index is -0.446. The molecular formula is C12H14N4O2. The van der Waals surface area contributed by atoms with Crippen LogP contribution in [0.4, 0.5) is 0 Å². The lowest BCUT2D eigenvalue weighted by Crippen LogP contribution is -2.09. The molecule has 94 valence electrons. The average Bonchev–Trinajstić information content (AvgIpc) is 2.69. The van der Waals surface area contributed by atoms with Crippen LogP contribution >= 0.6 is 0 Å². The molecule has 0 aromatic carbocycles. The zero-order valence-corrected chi connectivity index (χ0v) is 10.5. The highest BCUT2D eigenvalue weighted by Crippen LogP contribution is 2.24. The fourth-order valence-electron chi connectivity index (χ4n) is 1.75. The summed E-state index contributed by atoms with van der Waals surface area (Å²) in [5.74, 6) is -0.446. The summed E-state index contributed by atoms with van der Waals surface area (Å²) in [5, 5.41) is 4.24. The SMILES string of the molecule is CCOC(=O)c1ncncc1-c1cn(C)nc1C. The topological polar surface area (TPSA) is 69.9 Å². The number of aromatic nitrogens is 4. The normalized spacial score (nSPS) is 10.4. The minimum Gasteiger partial charge on any atom is -0.461 e. The first-order valence-corrected chi connectivity index (χ1v) is 5.61. The van der Waals surface area contributed by atoms with Crippen molar-refractivity contribution in [2.75, 3.05) is 6.61 Å². The van der Waals surface area contributed by atoms with Gasteiger partial charge in [0.15, 0.2) is 5.69 Å². The molecule has 0 saturated carbocycles. The summed E-state index contributed by atoms with van der Waals surface area (Å²) >= 11 is 0. The minimum absolute atomic E-state index is 0.267. The molecule has 0 aliphatic carbocycles. The molecule has 0 N–H and O–H groups in total. The number of aryl methyl sites for hydroxylation is 2. The van der Waals surface area contributed by atoms with E-state index in [1.54, 1.807) is 17.8 Å². The maximum absolute atomic E-state index is 11.8. The van der Waals surface area contributed by atoms with Crippen LogP contribution in [0.15, 0.2) is 18.7 Å². The van der Waals surface area contributed by atoms with Gasteiger partial charge in [-0.3, -0.25) is 4.68 Å². The Labute approximate surface area is 105 Å². The summed E-state index contributed by atoms with van der Waals surface area (Å²) in [7, 11) is 1.82. The van der Waals surface area contributed by atoms with Crippen LogP contribution in [0.2, 0.25) is 0 Å². The third-order valence-electron chi connectivity index (χ3n) is 2.48. The molecule has 6 heteroatoms. The van der Waals surface area contributed by atoms with Gasteiger partial charge in [-0.2, -0.15) is 5.10 Å². The van der Waals surface area contributed by atoms with Crippen LogP contribution in [0, 0.1) is 6.92 Å². The van der Waals surface area contributed by atoms with Gasteiger partial charge in [-0.1, -0.05) is 0 Å². The highest BCUT2D eigenvalue weighted by molar-refractivity contribution is 5.95. The Balaban J connectivity index is 2.51. The predicted octanol–water partition coefficient (Wildman–Crippen LogP) is 1.36. The second-order valence-corrected chi connectivity index (χ2v) is 3.81. The molecule has 6 nitrogen and oxygen atoms in total. The van der Waals surface area contributed by atoms with E-state index >= 15 is 0 Å². The van der Waals surface area contributed by atoms with Crippen molar-refractivity contribution in [1.29, 1.82) is 0 Å². The second-order valence-electron chi connectivity index (χ2n) is 3.81. The van der Waals surface area contributed by atoms with E-state index in [0.717, 1.165) is 11.3 Å². The molecule has 2 aromatic rings. The van der Waals surface area contributed by atoms with Gasteiger partial charge in [0.2, 0.25) is 0 Å². The average molecular weight is 246 g/mol. The van der Waals surface area contributed by atoms with Crippen molar-refractivity contribution >= 4 is 5.97 Å². The van der Waals surface area contributed by atoms with Crippen molar-refractivity contribution in [3.8, 4) is 11.1 Å². The lowest BCUT2D eigenvalue weighted by molar-refractivity contribution is 0.0520. The number of hydrogen-bond acceptors (Lipinski definition) is 5. The van der Waals surface area contributed by atoms with Gasteiger partial charge in [0.05, 0.1) is 12.3 Å². The standard InChI is InChI=1S/C12H14N4O2/c1-4-18-12(17)11-9(5-13-7-14-11)10-6-16(3)15-8(10)2/h5-7H,4H2,1-3H3. The highest BCUT2D eigenvalue weighted by Gasteiger charge is 2.18. The van der Waals surface area contributed by atoms with E-state index in [-0.39, 0.29) is 5.69 Å². The Morgan fingerprint density at radius 3 is 2.83 bits per heavy atom. The Bertz CT molecular complexity index is 577. The molecule has 0 fully saturated rings. The molecule has 0 unspecified atom stereocenters. The van der Waals surface area contributed by atoms with Crippen LogP contribution in [0.25, 0.3) is 11.1 Å². The number of carbonyl (C=O) groups is 1. The molecule has 0 aliphatic heterocycles. The Morgan fingerprint density at radius 2 is 2.22 bits per heavy atom. The number of ether oxygens (including phenoxy) is 1. The van der Waals surface area contributed by atoms with E-state index in [1.165, 1.54) is 6.33 Å². The van der Waals surface area contributed by atoms with Crippen LogP contribution in [0.5, 0.6) is 0 Å². The molecular weight excluding hydrogens is 232 g/mol. The summed E-state index contributed by atoms with van der Waals surface area (Å²) in [6.07, 6.45) is 4.77. The Hall–Kier alpha value is -2.24. The van der Waals surface area contributed by atoms with Crippen molar-refractivity contribution in [1.82, 2.24) is 19.7 Å². The van der Waals surface area contributed by atoms with Gasteiger partial charge in [-0.15, -0.1) is 0 Å². The fraction of sp³-hybridized carbons (Fsp3) is 0.333.